The molecule has 1 fully saturated rings. The number of carbonyl (C=O) groups is 1. The minimum Gasteiger partial charge on any atom is -0.433 e. The first kappa shape index (κ1) is 25.7. The molecule has 200 valence electrons. The molecule has 1 aliphatic rings. The van der Waals surface area contributed by atoms with E-state index >= 15 is 0 Å². The van der Waals surface area contributed by atoms with E-state index in [1.165, 1.54) is 0 Å². The van der Waals surface area contributed by atoms with E-state index in [1.807, 2.05) is 76.2 Å². The number of nitrogens with zero attached hydrogens (tertiary/aromatic N) is 7. The zero-order chi connectivity index (χ0) is 27.5. The molecule has 1 aromatic carbocycles. The van der Waals surface area contributed by atoms with Crippen LogP contribution in [0.2, 0.25) is 6.82 Å². The van der Waals surface area contributed by atoms with E-state index in [0.717, 1.165) is 47.7 Å². The van der Waals surface area contributed by atoms with Crippen LogP contribution in [-0.4, -0.2) is 78.5 Å². The van der Waals surface area contributed by atoms with Gasteiger partial charge in [0.05, 0.1) is 0 Å². The number of imidazole rings is 1. The second kappa shape index (κ2) is 11.2. The van der Waals surface area contributed by atoms with Gasteiger partial charge in [-0.05, 0) is 73.1 Å². The Balaban J connectivity index is 1.14. The summed E-state index contributed by atoms with van der Waals surface area (Å²) in [5.41, 5.74) is 4.90. The van der Waals surface area contributed by atoms with Crippen LogP contribution in [0.25, 0.3) is 28.4 Å². The number of aromatic nitrogens is 5. The van der Waals surface area contributed by atoms with Crippen molar-refractivity contribution >= 4 is 29.9 Å². The van der Waals surface area contributed by atoms with Crippen LogP contribution in [0.1, 0.15) is 15.9 Å². The summed E-state index contributed by atoms with van der Waals surface area (Å²) >= 11 is 0. The van der Waals surface area contributed by atoms with E-state index < -0.39 is 7.05 Å². The standard InChI is InChI=1S/C29H29BN8O2/c1-30(40)35-26-19-21(11-14-32-26)20-36-15-17-37(18-16-36)29(39)22-7-9-23(10-8-22)38-27-25(6-4-13-33-27)34-28(38)24-5-2-3-12-31-24/h2-14,19,40H,15-18,20H2,1H3,(H,32,35). The van der Waals surface area contributed by atoms with Gasteiger partial charge in [-0.2, -0.15) is 0 Å². The van der Waals surface area contributed by atoms with Gasteiger partial charge in [-0.1, -0.05) is 6.07 Å². The van der Waals surface area contributed by atoms with Crippen LogP contribution in [0.15, 0.2) is 85.3 Å². The number of amides is 1. The lowest BCUT2D eigenvalue weighted by atomic mass is 9.89. The Morgan fingerprint density at radius 2 is 1.73 bits per heavy atom. The van der Waals surface area contributed by atoms with E-state index in [4.69, 9.17) is 4.98 Å². The number of pyridine rings is 3. The number of benzene rings is 1. The molecule has 1 saturated heterocycles. The van der Waals surface area contributed by atoms with Gasteiger partial charge in [0.1, 0.15) is 17.0 Å². The number of nitrogens with one attached hydrogen (secondary N) is 1. The molecule has 1 aliphatic heterocycles. The predicted octanol–water partition coefficient (Wildman–Crippen LogP) is 3.36. The SMILES string of the molecule is CB(O)Nc1cc(CN2CCN(C(=O)c3ccc(-n4c(-c5ccccn5)nc5cccnc54)cc3)CC2)ccn1. The fourth-order valence-electron chi connectivity index (χ4n) is 4.99. The normalized spacial score (nSPS) is 13.9. The van der Waals surface area contributed by atoms with Gasteiger partial charge in [0.2, 0.25) is 0 Å². The summed E-state index contributed by atoms with van der Waals surface area (Å²) in [5, 5.41) is 12.5. The second-order valence-corrected chi connectivity index (χ2v) is 9.82. The molecule has 10 nitrogen and oxygen atoms in total. The van der Waals surface area contributed by atoms with Crippen molar-refractivity contribution in [2.24, 2.45) is 0 Å². The van der Waals surface area contributed by atoms with E-state index in [9.17, 15) is 9.82 Å². The maximum Gasteiger partial charge on any atom is 0.408 e. The summed E-state index contributed by atoms with van der Waals surface area (Å²) in [6, 6.07) is 21.1. The Hall–Kier alpha value is -4.61. The van der Waals surface area contributed by atoms with Crippen molar-refractivity contribution in [1.29, 1.82) is 0 Å². The quantitative estimate of drug-likeness (QED) is 0.307. The Morgan fingerprint density at radius 1 is 0.925 bits per heavy atom. The number of piperazine rings is 1. The number of hydrogen-bond acceptors (Lipinski definition) is 8. The van der Waals surface area contributed by atoms with Crippen LogP contribution in [0.3, 0.4) is 0 Å². The first-order valence-corrected chi connectivity index (χ1v) is 13.3. The van der Waals surface area contributed by atoms with Gasteiger partial charge >= 0.3 is 7.05 Å². The Labute approximate surface area is 232 Å². The average molecular weight is 532 g/mol. The van der Waals surface area contributed by atoms with Crippen molar-refractivity contribution in [3.63, 3.8) is 0 Å². The number of rotatable bonds is 7. The van der Waals surface area contributed by atoms with Crippen molar-refractivity contribution < 1.29 is 9.82 Å². The third-order valence-corrected chi connectivity index (χ3v) is 6.93. The predicted molar refractivity (Wildman–Crippen MR) is 155 cm³/mol. The molecule has 0 aliphatic carbocycles. The average Bonchev–Trinajstić information content (AvgIpc) is 3.37. The minimum atomic E-state index is -0.662. The highest BCUT2D eigenvalue weighted by molar-refractivity contribution is 6.52. The first-order chi connectivity index (χ1) is 19.5. The van der Waals surface area contributed by atoms with Crippen molar-refractivity contribution in [1.82, 2.24) is 34.3 Å². The molecule has 11 heteroatoms. The van der Waals surface area contributed by atoms with Crippen LogP contribution >= 0.6 is 0 Å². The third-order valence-electron chi connectivity index (χ3n) is 6.93. The van der Waals surface area contributed by atoms with E-state index in [1.54, 1.807) is 25.4 Å². The molecular weight excluding hydrogens is 503 g/mol. The van der Waals surface area contributed by atoms with E-state index in [-0.39, 0.29) is 5.91 Å². The monoisotopic (exact) mass is 532 g/mol. The minimum absolute atomic E-state index is 0.0251. The van der Waals surface area contributed by atoms with Crippen LogP contribution in [0, 0.1) is 0 Å². The molecule has 0 spiro atoms. The highest BCUT2D eigenvalue weighted by Gasteiger charge is 2.23. The molecule has 0 bridgehead atoms. The van der Waals surface area contributed by atoms with Gasteiger partial charge in [-0.3, -0.25) is 19.2 Å². The molecule has 0 unspecified atom stereocenters. The van der Waals surface area contributed by atoms with Crippen molar-refractivity contribution in [2.45, 2.75) is 13.4 Å². The van der Waals surface area contributed by atoms with E-state index in [2.05, 4.69) is 25.1 Å². The second-order valence-electron chi connectivity index (χ2n) is 9.82. The van der Waals surface area contributed by atoms with Gasteiger partial charge < -0.3 is 15.2 Å². The molecule has 5 heterocycles. The summed E-state index contributed by atoms with van der Waals surface area (Å²) in [6.07, 6.45) is 5.24. The number of fused-ring (bicyclic) bond motifs is 1. The number of carbonyl (C=O) groups excluding carboxylic acids is 1. The molecule has 40 heavy (non-hydrogen) atoms. The van der Waals surface area contributed by atoms with Crippen molar-refractivity contribution in [3.05, 3.63) is 96.4 Å². The van der Waals surface area contributed by atoms with Crippen LogP contribution in [0.5, 0.6) is 0 Å². The zero-order valence-corrected chi connectivity index (χ0v) is 22.2. The first-order valence-electron chi connectivity index (χ1n) is 13.3. The summed E-state index contributed by atoms with van der Waals surface area (Å²) in [5.74, 6) is 1.38. The summed E-state index contributed by atoms with van der Waals surface area (Å²) in [6.45, 7) is 5.30. The molecule has 0 atom stereocenters. The highest BCUT2D eigenvalue weighted by Crippen LogP contribution is 2.26. The van der Waals surface area contributed by atoms with Crippen molar-refractivity contribution in [3.8, 4) is 17.2 Å². The largest absolute Gasteiger partial charge is 0.433 e. The fourth-order valence-corrected chi connectivity index (χ4v) is 4.99. The lowest BCUT2D eigenvalue weighted by Gasteiger charge is -2.34. The Kier molecular flexibility index (Phi) is 7.22. The summed E-state index contributed by atoms with van der Waals surface area (Å²) in [4.78, 5) is 35.7. The Bertz CT molecular complexity index is 1620. The molecule has 2 N–H and O–H groups in total. The van der Waals surface area contributed by atoms with Gasteiger partial charge in [-0.15, -0.1) is 0 Å². The van der Waals surface area contributed by atoms with E-state index in [0.29, 0.717) is 30.3 Å². The lowest BCUT2D eigenvalue weighted by molar-refractivity contribution is 0.0628. The maximum atomic E-state index is 13.3. The lowest BCUT2D eigenvalue weighted by Crippen LogP contribution is -2.48. The third kappa shape index (κ3) is 5.42. The summed E-state index contributed by atoms with van der Waals surface area (Å²) in [7, 11) is -0.662. The highest BCUT2D eigenvalue weighted by atomic mass is 16.2. The molecule has 1 amide bonds. The van der Waals surface area contributed by atoms with Crippen LogP contribution in [0.4, 0.5) is 5.82 Å². The van der Waals surface area contributed by atoms with Crippen molar-refractivity contribution in [2.75, 3.05) is 31.4 Å². The fraction of sp³-hybridized carbons (Fsp3) is 0.207. The van der Waals surface area contributed by atoms with Crippen LogP contribution in [-0.2, 0) is 6.54 Å². The topological polar surface area (TPSA) is 112 Å². The molecule has 4 aromatic heterocycles. The smallest absolute Gasteiger partial charge is 0.408 e. The number of hydrogen-bond donors (Lipinski definition) is 2. The zero-order valence-electron chi connectivity index (χ0n) is 22.2. The molecule has 5 aromatic rings. The van der Waals surface area contributed by atoms with Crippen LogP contribution < -0.4 is 5.23 Å². The van der Waals surface area contributed by atoms with Gasteiger partial charge in [0.15, 0.2) is 11.5 Å². The number of anilines is 1. The van der Waals surface area contributed by atoms with Gasteiger partial charge in [0.25, 0.3) is 5.91 Å². The Morgan fingerprint density at radius 3 is 2.48 bits per heavy atom. The molecule has 0 radical (unpaired) electrons. The molecular formula is C29H29BN8O2. The maximum absolute atomic E-state index is 13.3. The van der Waals surface area contributed by atoms with Gasteiger partial charge in [-0.25, -0.2) is 15.0 Å². The van der Waals surface area contributed by atoms with Gasteiger partial charge in [0, 0.05) is 62.6 Å². The summed E-state index contributed by atoms with van der Waals surface area (Å²) < 4.78 is 1.98. The molecule has 0 saturated carbocycles. The molecule has 6 rings (SSSR count).